The Hall–Kier alpha value is -2.10. The number of hydrogen-bond acceptors (Lipinski definition) is 4. The average Bonchev–Trinajstić information content (AvgIpc) is 2.55. The van der Waals surface area contributed by atoms with Crippen LogP contribution in [0.25, 0.3) is 11.3 Å². The quantitative estimate of drug-likeness (QED) is 0.736. The zero-order chi connectivity index (χ0) is 15.8. The Balaban J connectivity index is 2.31. The second kappa shape index (κ2) is 8.37. The van der Waals surface area contributed by atoms with Gasteiger partial charge in [-0.3, -0.25) is 4.79 Å². The van der Waals surface area contributed by atoms with Gasteiger partial charge in [-0.05, 0) is 12.8 Å². The van der Waals surface area contributed by atoms with Gasteiger partial charge in [0.1, 0.15) is 5.76 Å². The largest absolute Gasteiger partial charge is 0.425 e. The molecule has 0 bridgehead atoms. The summed E-state index contributed by atoms with van der Waals surface area (Å²) in [6.07, 6.45) is 4.33. The molecule has 118 valence electrons. The second-order valence-corrected chi connectivity index (χ2v) is 5.40. The van der Waals surface area contributed by atoms with Gasteiger partial charge in [-0.2, -0.15) is 4.98 Å². The summed E-state index contributed by atoms with van der Waals surface area (Å²) in [6, 6.07) is 11.6. The first kappa shape index (κ1) is 16.3. The maximum atomic E-state index is 11.9. The van der Waals surface area contributed by atoms with Crippen LogP contribution in [0.2, 0.25) is 0 Å². The van der Waals surface area contributed by atoms with Crippen molar-refractivity contribution >= 4 is 6.01 Å². The molecule has 0 radical (unpaired) electrons. The van der Waals surface area contributed by atoms with E-state index in [-0.39, 0.29) is 5.56 Å². The molecule has 2 rings (SSSR count). The summed E-state index contributed by atoms with van der Waals surface area (Å²) in [5.41, 5.74) is 0.646. The van der Waals surface area contributed by atoms with Gasteiger partial charge >= 0.3 is 6.01 Å². The van der Waals surface area contributed by atoms with E-state index in [0.29, 0.717) is 11.8 Å². The van der Waals surface area contributed by atoms with Gasteiger partial charge < -0.3 is 9.32 Å². The smallest absolute Gasteiger partial charge is 0.301 e. The van der Waals surface area contributed by atoms with Crippen LogP contribution >= 0.6 is 0 Å². The Labute approximate surface area is 131 Å². The zero-order valence-corrected chi connectivity index (χ0v) is 13.4. The van der Waals surface area contributed by atoms with Crippen molar-refractivity contribution in [3.05, 3.63) is 46.8 Å². The molecule has 0 atom stereocenters. The van der Waals surface area contributed by atoms with E-state index < -0.39 is 0 Å². The first-order valence-corrected chi connectivity index (χ1v) is 8.07. The molecule has 1 aromatic carbocycles. The Morgan fingerprint density at radius 3 is 2.27 bits per heavy atom. The fourth-order valence-corrected chi connectivity index (χ4v) is 2.27. The number of unbranched alkanes of at least 4 members (excludes halogenated alkanes) is 2. The number of rotatable bonds is 8. The predicted octanol–water partition coefficient (Wildman–Crippen LogP) is 4.11. The molecule has 0 amide bonds. The fraction of sp³-hybridized carbons (Fsp3) is 0.444. The highest BCUT2D eigenvalue weighted by Gasteiger charge is 2.13. The maximum Gasteiger partial charge on any atom is 0.301 e. The topological polar surface area (TPSA) is 46.3 Å². The van der Waals surface area contributed by atoms with Crippen molar-refractivity contribution in [2.24, 2.45) is 0 Å². The molecular formula is C18H24N2O2. The lowest BCUT2D eigenvalue weighted by molar-refractivity contribution is 0.506. The van der Waals surface area contributed by atoms with Crippen molar-refractivity contribution in [2.75, 3.05) is 18.0 Å². The monoisotopic (exact) mass is 300 g/mol. The molecule has 0 unspecified atom stereocenters. The number of aromatic nitrogens is 1. The van der Waals surface area contributed by atoms with Gasteiger partial charge in [-0.25, -0.2) is 0 Å². The van der Waals surface area contributed by atoms with Crippen molar-refractivity contribution in [1.29, 1.82) is 0 Å². The third kappa shape index (κ3) is 4.45. The summed E-state index contributed by atoms with van der Waals surface area (Å²) in [6.45, 7) is 6.04. The summed E-state index contributed by atoms with van der Waals surface area (Å²) >= 11 is 0. The number of hydrogen-bond donors (Lipinski definition) is 0. The van der Waals surface area contributed by atoms with E-state index in [9.17, 15) is 4.79 Å². The van der Waals surface area contributed by atoms with Gasteiger partial charge in [0.2, 0.25) is 0 Å². The third-order valence-electron chi connectivity index (χ3n) is 3.55. The van der Waals surface area contributed by atoms with Crippen LogP contribution in [0, 0.1) is 0 Å². The minimum absolute atomic E-state index is 0.252. The number of anilines is 1. The molecule has 4 heteroatoms. The van der Waals surface area contributed by atoms with Crippen molar-refractivity contribution in [1.82, 2.24) is 4.98 Å². The lowest BCUT2D eigenvalue weighted by Gasteiger charge is -2.21. The molecule has 4 nitrogen and oxygen atoms in total. The summed E-state index contributed by atoms with van der Waals surface area (Å²) in [5, 5.41) is 0. The molecule has 0 N–H and O–H groups in total. The Morgan fingerprint density at radius 1 is 1.05 bits per heavy atom. The van der Waals surface area contributed by atoms with Crippen LogP contribution in [0.5, 0.6) is 0 Å². The molecule has 0 saturated heterocycles. The number of nitrogens with zero attached hydrogens (tertiary/aromatic N) is 2. The summed E-state index contributed by atoms with van der Waals surface area (Å²) in [4.78, 5) is 18.1. The van der Waals surface area contributed by atoms with Crippen molar-refractivity contribution in [3.63, 3.8) is 0 Å². The van der Waals surface area contributed by atoms with Gasteiger partial charge in [0.05, 0.1) is 0 Å². The first-order chi connectivity index (χ1) is 10.7. The molecular weight excluding hydrogens is 276 g/mol. The molecule has 22 heavy (non-hydrogen) atoms. The first-order valence-electron chi connectivity index (χ1n) is 8.07. The van der Waals surface area contributed by atoms with E-state index in [0.717, 1.165) is 44.3 Å². The van der Waals surface area contributed by atoms with Crippen molar-refractivity contribution in [3.8, 4) is 11.3 Å². The van der Waals surface area contributed by atoms with E-state index in [1.807, 2.05) is 30.3 Å². The highest BCUT2D eigenvalue weighted by Crippen LogP contribution is 2.21. The summed E-state index contributed by atoms with van der Waals surface area (Å²) in [7, 11) is 0. The lowest BCUT2D eigenvalue weighted by atomic mass is 10.2. The van der Waals surface area contributed by atoms with E-state index >= 15 is 0 Å². The van der Waals surface area contributed by atoms with Crippen molar-refractivity contribution < 1.29 is 4.42 Å². The highest BCUT2D eigenvalue weighted by atomic mass is 16.4. The van der Waals surface area contributed by atoms with Crippen LogP contribution in [0.1, 0.15) is 39.5 Å². The molecule has 0 aliphatic heterocycles. The summed E-state index contributed by atoms with van der Waals surface area (Å²) in [5.74, 6) is 0.577. The molecule has 0 aliphatic carbocycles. The molecule has 0 fully saturated rings. The van der Waals surface area contributed by atoms with E-state index in [4.69, 9.17) is 4.42 Å². The molecule has 2 aromatic rings. The third-order valence-corrected chi connectivity index (χ3v) is 3.55. The standard InChI is InChI=1S/C18H24N2O2/c1-3-5-12-20(13-6-4-2)18-19-17(21)14-16(22-18)15-10-8-7-9-11-15/h7-11,14H,3-6,12-13H2,1-2H3. The lowest BCUT2D eigenvalue weighted by Crippen LogP contribution is -2.28. The van der Waals surface area contributed by atoms with Gasteiger partial charge in [0.15, 0.2) is 0 Å². The second-order valence-electron chi connectivity index (χ2n) is 5.40. The van der Waals surface area contributed by atoms with Gasteiger partial charge in [0, 0.05) is 24.7 Å². The van der Waals surface area contributed by atoms with Crippen molar-refractivity contribution in [2.45, 2.75) is 39.5 Å². The molecule has 0 spiro atoms. The predicted molar refractivity (Wildman–Crippen MR) is 90.2 cm³/mol. The highest BCUT2D eigenvalue weighted by molar-refractivity contribution is 5.57. The van der Waals surface area contributed by atoms with Gasteiger partial charge in [0.25, 0.3) is 5.56 Å². The fourth-order valence-electron chi connectivity index (χ4n) is 2.27. The zero-order valence-electron chi connectivity index (χ0n) is 13.4. The van der Waals surface area contributed by atoms with Gasteiger partial charge in [-0.1, -0.05) is 57.0 Å². The molecule has 0 saturated carbocycles. The Kier molecular flexibility index (Phi) is 6.19. The molecule has 1 aromatic heterocycles. The normalized spacial score (nSPS) is 10.6. The number of benzene rings is 1. The minimum Gasteiger partial charge on any atom is -0.425 e. The Morgan fingerprint density at radius 2 is 1.68 bits per heavy atom. The maximum absolute atomic E-state index is 11.9. The molecule has 0 aliphatic rings. The van der Waals surface area contributed by atoms with E-state index in [2.05, 4.69) is 23.7 Å². The van der Waals surface area contributed by atoms with Crippen LogP contribution in [0.3, 0.4) is 0 Å². The average molecular weight is 300 g/mol. The SMILES string of the molecule is CCCCN(CCCC)c1nc(=O)cc(-c2ccccc2)o1. The van der Waals surface area contributed by atoms with Crippen LogP contribution in [0.15, 0.2) is 45.6 Å². The summed E-state index contributed by atoms with van der Waals surface area (Å²) < 4.78 is 5.92. The van der Waals surface area contributed by atoms with E-state index in [1.54, 1.807) is 0 Å². The van der Waals surface area contributed by atoms with Gasteiger partial charge in [-0.15, -0.1) is 0 Å². The van der Waals surface area contributed by atoms with E-state index in [1.165, 1.54) is 6.07 Å². The van der Waals surface area contributed by atoms with Crippen LogP contribution in [-0.2, 0) is 0 Å². The van der Waals surface area contributed by atoms with Crippen LogP contribution < -0.4 is 10.5 Å². The van der Waals surface area contributed by atoms with Crippen LogP contribution in [-0.4, -0.2) is 18.1 Å². The van der Waals surface area contributed by atoms with Crippen LogP contribution in [0.4, 0.5) is 6.01 Å². The molecule has 1 heterocycles. The Bertz CT molecular complexity index is 614. The minimum atomic E-state index is -0.252.